The fourth-order valence-corrected chi connectivity index (χ4v) is 8.46. The van der Waals surface area contributed by atoms with Gasteiger partial charge >= 0.3 is 0 Å². The van der Waals surface area contributed by atoms with Gasteiger partial charge < -0.3 is 29.8 Å². The molecule has 2 aliphatic carbocycles. The molecule has 3 N–H and O–H groups in total. The fourth-order valence-electron chi connectivity index (χ4n) is 8.12. The van der Waals surface area contributed by atoms with Crippen LogP contribution in [0, 0.1) is 11.8 Å². The normalized spacial score (nSPS) is 21.9. The molecule has 2 unspecified atom stereocenters. The van der Waals surface area contributed by atoms with Gasteiger partial charge in [0.15, 0.2) is 5.82 Å². The van der Waals surface area contributed by atoms with Gasteiger partial charge in [-0.15, -0.1) is 0 Å². The number of aryl methyl sites for hydroxylation is 1. The van der Waals surface area contributed by atoms with Gasteiger partial charge in [0.25, 0.3) is 5.91 Å². The number of rotatable bonds is 6. The number of carbonyl (C=O) groups is 2. The first-order chi connectivity index (χ1) is 22.3. The predicted octanol–water partition coefficient (Wildman–Crippen LogP) is 5.99. The Labute approximate surface area is 271 Å². The van der Waals surface area contributed by atoms with Crippen LogP contribution in [0.1, 0.15) is 41.6 Å². The molecule has 5 aromatic rings. The van der Waals surface area contributed by atoms with Gasteiger partial charge in [-0.25, -0.2) is 4.98 Å². The van der Waals surface area contributed by atoms with Crippen LogP contribution in [0.5, 0.6) is 5.75 Å². The zero-order chi connectivity index (χ0) is 31.4. The van der Waals surface area contributed by atoms with E-state index in [0.29, 0.717) is 41.1 Å². The second-order valence-corrected chi connectivity index (χ2v) is 13.9. The Hall–Kier alpha value is -4.34. The molecule has 2 amide bonds. The average Bonchev–Trinajstić information content (AvgIpc) is 3.28. The number of benzene rings is 3. The lowest BCUT2D eigenvalue weighted by atomic mass is 10.0. The van der Waals surface area contributed by atoms with Gasteiger partial charge in [0.05, 0.1) is 29.8 Å². The number of hydrogen-bond donors (Lipinski definition) is 2. The zero-order valence-electron chi connectivity index (χ0n) is 25.8. The van der Waals surface area contributed by atoms with Crippen LogP contribution >= 0.6 is 11.6 Å². The first-order valence-electron chi connectivity index (χ1n) is 16.2. The van der Waals surface area contributed by atoms with Gasteiger partial charge in [0, 0.05) is 65.5 Å². The molecule has 10 heteroatoms. The van der Waals surface area contributed by atoms with Crippen LogP contribution in [-0.2, 0) is 24.8 Å². The van der Waals surface area contributed by atoms with E-state index in [9.17, 15) is 9.59 Å². The summed E-state index contributed by atoms with van der Waals surface area (Å²) in [6.07, 6.45) is 4.77. The minimum Gasteiger partial charge on any atom is -0.494 e. The second-order valence-electron chi connectivity index (χ2n) is 13.5. The van der Waals surface area contributed by atoms with Crippen molar-refractivity contribution in [2.24, 2.45) is 24.6 Å². The summed E-state index contributed by atoms with van der Waals surface area (Å²) >= 11 is 6.88. The van der Waals surface area contributed by atoms with E-state index in [1.807, 2.05) is 36.2 Å². The summed E-state index contributed by atoms with van der Waals surface area (Å²) in [5.74, 6) is 2.41. The number of halogens is 1. The third kappa shape index (κ3) is 4.14. The lowest BCUT2D eigenvalue weighted by molar-refractivity contribution is -0.115. The Morgan fingerprint density at radius 1 is 1.11 bits per heavy atom. The van der Waals surface area contributed by atoms with Crippen LogP contribution in [0.15, 0.2) is 48.5 Å². The summed E-state index contributed by atoms with van der Waals surface area (Å²) in [5, 5.41) is 4.62. The Kier molecular flexibility index (Phi) is 6.12. The summed E-state index contributed by atoms with van der Waals surface area (Å²) in [6, 6.07) is 16.5. The van der Waals surface area contributed by atoms with Crippen molar-refractivity contribution in [2.75, 3.05) is 19.0 Å². The van der Waals surface area contributed by atoms with Gasteiger partial charge in [-0.05, 0) is 73.4 Å². The quantitative estimate of drug-likeness (QED) is 0.239. The lowest BCUT2D eigenvalue weighted by Gasteiger charge is -2.27. The molecule has 234 valence electrons. The molecule has 2 aromatic heterocycles. The van der Waals surface area contributed by atoms with Crippen LogP contribution in [0.3, 0.4) is 0 Å². The number of amides is 2. The molecular formula is C36H35ClN6O3. The smallest absolute Gasteiger partial charge is 0.254 e. The Morgan fingerprint density at radius 3 is 2.70 bits per heavy atom. The Bertz CT molecular complexity index is 2130. The number of hydrogen-bond acceptors (Lipinski definition) is 5. The second kappa shape index (κ2) is 10.1. The van der Waals surface area contributed by atoms with Gasteiger partial charge in [0.2, 0.25) is 5.91 Å². The molecule has 9 rings (SSSR count). The molecule has 3 aromatic carbocycles. The minimum atomic E-state index is -0.0322. The van der Waals surface area contributed by atoms with Crippen molar-refractivity contribution in [3.05, 3.63) is 64.7 Å². The number of likely N-dealkylation sites (tertiary alicyclic amines) is 1. The van der Waals surface area contributed by atoms with E-state index in [1.165, 1.54) is 12.8 Å². The molecule has 0 radical (unpaired) electrons. The molecule has 3 fully saturated rings. The standard InChI is InChI=1S/C36H35ClN6O3/c1-41-34-26(11-22(14-30(34)46-2)36(45)43-17-21-7-10-27(43)33(21)38)40-35(41)29-13-20-6-5-19(12-28(20)42(29)16-18-3-4-18)23-8-9-25-24(32(23)37)15-31(44)39-25/h5-6,8-9,11-14,18,21,27,33H,3-4,7,10,15-17,38H2,1-2H3,(H,39,44)/t21?,27?,33-/m1/s1. The van der Waals surface area contributed by atoms with Crippen molar-refractivity contribution in [3.63, 3.8) is 0 Å². The van der Waals surface area contributed by atoms with E-state index in [4.69, 9.17) is 27.1 Å². The highest BCUT2D eigenvalue weighted by atomic mass is 35.5. The number of nitrogens with zero attached hydrogens (tertiary/aromatic N) is 4. The van der Waals surface area contributed by atoms with E-state index in [0.717, 1.165) is 75.2 Å². The summed E-state index contributed by atoms with van der Waals surface area (Å²) in [6.45, 7) is 1.61. The number of imidazole rings is 1. The lowest BCUT2D eigenvalue weighted by Crippen LogP contribution is -2.41. The van der Waals surface area contributed by atoms with Crippen LogP contribution in [0.25, 0.3) is 44.6 Å². The van der Waals surface area contributed by atoms with E-state index >= 15 is 0 Å². The Balaban J connectivity index is 1.15. The minimum absolute atomic E-state index is 0.00390. The molecule has 9 nitrogen and oxygen atoms in total. The first-order valence-corrected chi connectivity index (χ1v) is 16.5. The number of aromatic nitrogens is 3. The molecule has 3 atom stereocenters. The molecular weight excluding hydrogens is 600 g/mol. The number of methoxy groups -OCH3 is 1. The highest BCUT2D eigenvalue weighted by Crippen LogP contribution is 2.42. The molecule has 2 bridgehead atoms. The third-order valence-corrected chi connectivity index (χ3v) is 11.2. The predicted molar refractivity (Wildman–Crippen MR) is 179 cm³/mol. The summed E-state index contributed by atoms with van der Waals surface area (Å²) in [7, 11) is 3.66. The molecule has 4 heterocycles. The summed E-state index contributed by atoms with van der Waals surface area (Å²) in [5.41, 5.74) is 14.3. The number of nitrogens with one attached hydrogen (secondary N) is 1. The zero-order valence-corrected chi connectivity index (χ0v) is 26.6. The Morgan fingerprint density at radius 2 is 1.96 bits per heavy atom. The highest BCUT2D eigenvalue weighted by molar-refractivity contribution is 6.35. The average molecular weight is 635 g/mol. The van der Waals surface area contributed by atoms with Crippen molar-refractivity contribution in [2.45, 2.75) is 50.7 Å². The van der Waals surface area contributed by atoms with Crippen molar-refractivity contribution in [1.29, 1.82) is 0 Å². The third-order valence-electron chi connectivity index (χ3n) is 10.8. The van der Waals surface area contributed by atoms with Crippen molar-refractivity contribution in [3.8, 4) is 28.4 Å². The largest absolute Gasteiger partial charge is 0.494 e. The van der Waals surface area contributed by atoms with Crippen molar-refractivity contribution >= 4 is 51.0 Å². The molecule has 2 aliphatic heterocycles. The van der Waals surface area contributed by atoms with E-state index in [2.05, 4.69) is 38.7 Å². The van der Waals surface area contributed by atoms with Crippen molar-refractivity contribution < 1.29 is 14.3 Å². The number of fused-ring (bicyclic) bond motifs is 5. The molecule has 2 saturated carbocycles. The van der Waals surface area contributed by atoms with Crippen molar-refractivity contribution in [1.82, 2.24) is 19.0 Å². The maximum Gasteiger partial charge on any atom is 0.254 e. The topological polar surface area (TPSA) is 107 Å². The number of ether oxygens (including phenoxy) is 1. The highest BCUT2D eigenvalue weighted by Gasteiger charge is 2.47. The van der Waals surface area contributed by atoms with E-state index in [1.54, 1.807) is 7.11 Å². The van der Waals surface area contributed by atoms with Crippen LogP contribution in [0.4, 0.5) is 5.69 Å². The summed E-state index contributed by atoms with van der Waals surface area (Å²) in [4.78, 5) is 32.9. The maximum absolute atomic E-state index is 13.8. The van der Waals surface area contributed by atoms with E-state index < -0.39 is 0 Å². The van der Waals surface area contributed by atoms with E-state index in [-0.39, 0.29) is 23.9 Å². The molecule has 0 spiro atoms. The number of nitrogens with two attached hydrogens (primary N) is 1. The van der Waals surface area contributed by atoms with Crippen LogP contribution in [-0.4, -0.2) is 56.6 Å². The number of anilines is 1. The van der Waals surface area contributed by atoms with Crippen LogP contribution in [0.2, 0.25) is 5.02 Å². The summed E-state index contributed by atoms with van der Waals surface area (Å²) < 4.78 is 10.3. The molecule has 1 saturated heterocycles. The number of carbonyl (C=O) groups excluding carboxylic acids is 2. The fraction of sp³-hybridized carbons (Fsp3) is 0.361. The SMILES string of the molecule is COc1cc(C(=O)N2CC3CCC2[C@@H]3N)cc2nc(-c3cc4ccc(-c5ccc6c(c5Cl)CC(=O)N6)cc4n3CC3CC3)n(C)c12. The van der Waals surface area contributed by atoms with Gasteiger partial charge in [-0.3, -0.25) is 9.59 Å². The van der Waals surface area contributed by atoms with Gasteiger partial charge in [-0.1, -0.05) is 29.8 Å². The first kappa shape index (κ1) is 27.9. The van der Waals surface area contributed by atoms with Crippen LogP contribution < -0.4 is 15.8 Å². The molecule has 4 aliphatic rings. The number of piperidine rings is 1. The monoisotopic (exact) mass is 634 g/mol. The maximum atomic E-state index is 13.8. The molecule has 46 heavy (non-hydrogen) atoms. The van der Waals surface area contributed by atoms with Gasteiger partial charge in [-0.2, -0.15) is 0 Å². The van der Waals surface area contributed by atoms with Gasteiger partial charge in [0.1, 0.15) is 11.3 Å².